The Labute approximate surface area is 153 Å². The van der Waals surface area contributed by atoms with Gasteiger partial charge >= 0.3 is 0 Å². The number of anilines is 2. The smallest absolute Gasteiger partial charge is 0.270 e. The van der Waals surface area contributed by atoms with Crippen molar-refractivity contribution < 1.29 is 4.79 Å². The predicted molar refractivity (Wildman–Crippen MR) is 104 cm³/mol. The zero-order chi connectivity index (χ0) is 18.4. The molecule has 132 valence electrons. The van der Waals surface area contributed by atoms with E-state index < -0.39 is 0 Å². The molecule has 1 aromatic heterocycles. The summed E-state index contributed by atoms with van der Waals surface area (Å²) in [5.41, 5.74) is 4.75. The Morgan fingerprint density at radius 3 is 2.46 bits per heavy atom. The fourth-order valence-electron chi connectivity index (χ4n) is 2.78. The van der Waals surface area contributed by atoms with Gasteiger partial charge in [0.05, 0.1) is 0 Å². The third-order valence-electron chi connectivity index (χ3n) is 3.91. The molecule has 3 rings (SSSR count). The number of carbonyl (C=O) groups is 1. The summed E-state index contributed by atoms with van der Waals surface area (Å²) in [7, 11) is 0. The lowest BCUT2D eigenvalue weighted by Crippen LogP contribution is -2.26. The number of nitrogens with one attached hydrogen (secondary N) is 2. The zero-order valence-electron chi connectivity index (χ0n) is 15.0. The van der Waals surface area contributed by atoms with E-state index in [2.05, 4.69) is 26.7 Å². The highest BCUT2D eigenvalue weighted by atomic mass is 16.1. The Morgan fingerprint density at radius 1 is 1.00 bits per heavy atom. The summed E-state index contributed by atoms with van der Waals surface area (Å²) < 4.78 is 0. The summed E-state index contributed by atoms with van der Waals surface area (Å²) in [5.74, 6) is 0.206. The molecule has 0 atom stereocenters. The van der Waals surface area contributed by atoms with E-state index >= 15 is 0 Å². The molecule has 1 amide bonds. The van der Waals surface area contributed by atoms with Gasteiger partial charge in [0.2, 0.25) is 5.95 Å². The number of rotatable bonds is 6. The average molecular weight is 346 g/mol. The highest BCUT2D eigenvalue weighted by Crippen LogP contribution is 2.17. The van der Waals surface area contributed by atoms with Crippen molar-refractivity contribution in [2.45, 2.75) is 20.3 Å². The lowest BCUT2D eigenvalue weighted by atomic mass is 10.1. The molecule has 0 fully saturated rings. The SMILES string of the molecule is Cc1cc(C)cc(Nc2nccc(C(=O)NCCc3ccccc3)n2)c1. The van der Waals surface area contributed by atoms with E-state index in [4.69, 9.17) is 0 Å². The fourth-order valence-corrected chi connectivity index (χ4v) is 2.78. The minimum Gasteiger partial charge on any atom is -0.350 e. The van der Waals surface area contributed by atoms with Gasteiger partial charge in [-0.2, -0.15) is 0 Å². The largest absolute Gasteiger partial charge is 0.350 e. The van der Waals surface area contributed by atoms with Crippen LogP contribution in [0.25, 0.3) is 0 Å². The van der Waals surface area contributed by atoms with Gasteiger partial charge in [-0.05, 0) is 55.2 Å². The van der Waals surface area contributed by atoms with E-state index in [9.17, 15) is 4.79 Å². The Bertz CT molecular complexity index is 873. The molecular weight excluding hydrogens is 324 g/mol. The first-order valence-corrected chi connectivity index (χ1v) is 8.60. The molecule has 0 aliphatic heterocycles. The van der Waals surface area contributed by atoms with Gasteiger partial charge < -0.3 is 10.6 Å². The van der Waals surface area contributed by atoms with Crippen LogP contribution in [0, 0.1) is 13.8 Å². The van der Waals surface area contributed by atoms with Crippen molar-refractivity contribution in [2.24, 2.45) is 0 Å². The van der Waals surface area contributed by atoms with Crippen molar-refractivity contribution in [1.29, 1.82) is 0 Å². The molecule has 0 spiro atoms. The van der Waals surface area contributed by atoms with Gasteiger partial charge in [0, 0.05) is 18.4 Å². The van der Waals surface area contributed by atoms with Crippen molar-refractivity contribution in [3.8, 4) is 0 Å². The highest BCUT2D eigenvalue weighted by molar-refractivity contribution is 5.92. The maximum Gasteiger partial charge on any atom is 0.270 e. The first-order valence-electron chi connectivity index (χ1n) is 8.60. The monoisotopic (exact) mass is 346 g/mol. The second-order valence-corrected chi connectivity index (χ2v) is 6.26. The third kappa shape index (κ3) is 4.89. The Balaban J connectivity index is 1.61. The Morgan fingerprint density at radius 2 is 1.73 bits per heavy atom. The van der Waals surface area contributed by atoms with E-state index in [1.165, 1.54) is 5.56 Å². The molecule has 0 aliphatic rings. The van der Waals surface area contributed by atoms with Crippen LogP contribution >= 0.6 is 0 Å². The van der Waals surface area contributed by atoms with Gasteiger partial charge in [0.1, 0.15) is 5.69 Å². The van der Waals surface area contributed by atoms with E-state index in [0.717, 1.165) is 23.2 Å². The minimum atomic E-state index is -0.202. The maximum atomic E-state index is 12.3. The van der Waals surface area contributed by atoms with Crippen molar-refractivity contribution in [3.05, 3.63) is 83.2 Å². The van der Waals surface area contributed by atoms with E-state index in [-0.39, 0.29) is 5.91 Å². The molecule has 5 nitrogen and oxygen atoms in total. The van der Waals surface area contributed by atoms with Crippen molar-refractivity contribution in [1.82, 2.24) is 15.3 Å². The van der Waals surface area contributed by atoms with Crippen molar-refractivity contribution in [3.63, 3.8) is 0 Å². The highest BCUT2D eigenvalue weighted by Gasteiger charge is 2.09. The number of amides is 1. The normalized spacial score (nSPS) is 10.4. The van der Waals surface area contributed by atoms with E-state index in [0.29, 0.717) is 18.2 Å². The van der Waals surface area contributed by atoms with Crippen LogP contribution in [0.4, 0.5) is 11.6 Å². The summed E-state index contributed by atoms with van der Waals surface area (Å²) >= 11 is 0. The van der Waals surface area contributed by atoms with Gasteiger partial charge in [-0.1, -0.05) is 36.4 Å². The number of hydrogen-bond acceptors (Lipinski definition) is 4. The van der Waals surface area contributed by atoms with Crippen LogP contribution in [0.3, 0.4) is 0 Å². The number of hydrogen-bond donors (Lipinski definition) is 2. The molecule has 0 saturated carbocycles. The number of benzene rings is 2. The molecule has 0 radical (unpaired) electrons. The predicted octanol–water partition coefficient (Wildman–Crippen LogP) is 3.81. The van der Waals surface area contributed by atoms with Crippen molar-refractivity contribution >= 4 is 17.5 Å². The van der Waals surface area contributed by atoms with Crippen molar-refractivity contribution in [2.75, 3.05) is 11.9 Å². The van der Waals surface area contributed by atoms with Gasteiger partial charge in [-0.25, -0.2) is 9.97 Å². The zero-order valence-corrected chi connectivity index (χ0v) is 15.0. The Hall–Kier alpha value is -3.21. The van der Waals surface area contributed by atoms with Crippen LogP contribution in [0.2, 0.25) is 0 Å². The van der Waals surface area contributed by atoms with Crippen LogP contribution in [-0.4, -0.2) is 22.4 Å². The first kappa shape index (κ1) is 17.6. The molecule has 0 bridgehead atoms. The van der Waals surface area contributed by atoms with Crippen LogP contribution in [0.5, 0.6) is 0 Å². The second-order valence-electron chi connectivity index (χ2n) is 6.26. The summed E-state index contributed by atoms with van der Waals surface area (Å²) in [6.07, 6.45) is 2.37. The molecular formula is C21H22N4O. The van der Waals surface area contributed by atoms with Gasteiger partial charge in [0.15, 0.2) is 0 Å². The van der Waals surface area contributed by atoms with E-state index in [1.807, 2.05) is 56.3 Å². The molecule has 3 aromatic rings. The van der Waals surface area contributed by atoms with Crippen LogP contribution in [0.15, 0.2) is 60.8 Å². The first-order chi connectivity index (χ1) is 12.6. The maximum absolute atomic E-state index is 12.3. The number of carbonyl (C=O) groups excluding carboxylic acids is 1. The summed E-state index contributed by atoms with van der Waals surface area (Å²) in [6, 6.07) is 17.8. The van der Waals surface area contributed by atoms with Crippen LogP contribution in [-0.2, 0) is 6.42 Å². The molecule has 0 aliphatic carbocycles. The summed E-state index contributed by atoms with van der Waals surface area (Å²) in [4.78, 5) is 20.8. The van der Waals surface area contributed by atoms with Gasteiger partial charge in [-0.15, -0.1) is 0 Å². The topological polar surface area (TPSA) is 66.9 Å². The quantitative estimate of drug-likeness (QED) is 0.712. The second kappa shape index (κ2) is 8.25. The van der Waals surface area contributed by atoms with E-state index in [1.54, 1.807) is 12.3 Å². The van der Waals surface area contributed by atoms with Crippen LogP contribution < -0.4 is 10.6 Å². The molecule has 2 N–H and O–H groups in total. The number of nitrogens with zero attached hydrogens (tertiary/aromatic N) is 2. The number of aryl methyl sites for hydroxylation is 2. The van der Waals surface area contributed by atoms with Gasteiger partial charge in [-0.3, -0.25) is 4.79 Å². The summed E-state index contributed by atoms with van der Waals surface area (Å²) in [6.45, 7) is 4.64. The lowest BCUT2D eigenvalue weighted by molar-refractivity contribution is 0.0949. The lowest BCUT2D eigenvalue weighted by Gasteiger charge is -2.09. The standard InChI is InChI=1S/C21H22N4O/c1-15-12-16(2)14-18(13-15)24-21-23-11-9-19(25-21)20(26)22-10-8-17-6-4-3-5-7-17/h3-7,9,11-14H,8,10H2,1-2H3,(H,22,26)(H,23,24,25). The molecule has 5 heteroatoms. The molecule has 0 unspecified atom stereocenters. The number of aromatic nitrogens is 2. The fraction of sp³-hybridized carbons (Fsp3) is 0.190. The summed E-state index contributed by atoms with van der Waals surface area (Å²) in [5, 5.41) is 6.06. The van der Waals surface area contributed by atoms with Crippen LogP contribution in [0.1, 0.15) is 27.2 Å². The molecule has 26 heavy (non-hydrogen) atoms. The molecule has 0 saturated heterocycles. The molecule has 1 heterocycles. The third-order valence-corrected chi connectivity index (χ3v) is 3.91. The Kier molecular flexibility index (Phi) is 5.59. The van der Waals surface area contributed by atoms with Gasteiger partial charge in [0.25, 0.3) is 5.91 Å². The minimum absolute atomic E-state index is 0.202. The average Bonchev–Trinajstić information content (AvgIpc) is 2.62. The molecule has 2 aromatic carbocycles.